The van der Waals surface area contributed by atoms with E-state index in [-0.39, 0.29) is 17.6 Å². The lowest BCUT2D eigenvalue weighted by atomic mass is 10.1. The van der Waals surface area contributed by atoms with Crippen molar-refractivity contribution in [2.45, 2.75) is 32.9 Å². The molecule has 0 aliphatic carbocycles. The zero-order valence-electron chi connectivity index (χ0n) is 14.9. The zero-order valence-corrected chi connectivity index (χ0v) is 15.7. The van der Waals surface area contributed by atoms with Crippen LogP contribution in [0.3, 0.4) is 0 Å². The van der Waals surface area contributed by atoms with Crippen molar-refractivity contribution in [1.29, 1.82) is 0 Å². The van der Waals surface area contributed by atoms with E-state index in [1.807, 2.05) is 12.3 Å². The quantitative estimate of drug-likeness (QED) is 0.741. The van der Waals surface area contributed by atoms with Crippen LogP contribution in [-0.2, 0) is 16.1 Å². The summed E-state index contributed by atoms with van der Waals surface area (Å²) in [5, 5.41) is 1.95. The van der Waals surface area contributed by atoms with Gasteiger partial charge in [-0.25, -0.2) is 4.98 Å². The van der Waals surface area contributed by atoms with E-state index >= 15 is 0 Å². The van der Waals surface area contributed by atoms with Gasteiger partial charge in [-0.3, -0.25) is 23.8 Å². The number of fused-ring (bicyclic) bond motifs is 1. The molecule has 0 radical (unpaired) electrons. The number of carbonyl (C=O) groups excluding carboxylic acids is 1. The molecule has 8 heteroatoms. The molecule has 0 spiro atoms. The van der Waals surface area contributed by atoms with Gasteiger partial charge in [-0.15, -0.1) is 11.3 Å². The topological polar surface area (TPSA) is 67.2 Å². The van der Waals surface area contributed by atoms with Crippen LogP contribution in [0.2, 0.25) is 0 Å². The van der Waals surface area contributed by atoms with Gasteiger partial charge in [0, 0.05) is 55.9 Å². The number of nitrogens with zero attached hydrogens (tertiary/aromatic N) is 4. The van der Waals surface area contributed by atoms with E-state index in [0.717, 1.165) is 42.5 Å². The normalized spacial score (nSPS) is 17.7. The van der Waals surface area contributed by atoms with Crippen LogP contribution < -0.4 is 5.56 Å². The lowest BCUT2D eigenvalue weighted by Crippen LogP contribution is -2.49. The second-order valence-electron chi connectivity index (χ2n) is 6.52. The van der Waals surface area contributed by atoms with Crippen LogP contribution in [0.4, 0.5) is 0 Å². The molecule has 1 aliphatic heterocycles. The maximum atomic E-state index is 12.3. The van der Waals surface area contributed by atoms with E-state index in [0.29, 0.717) is 13.0 Å². The fraction of sp³-hybridized carbons (Fsp3) is 0.588. The predicted octanol–water partition coefficient (Wildman–Crippen LogP) is 1.13. The number of piperazine rings is 1. The van der Waals surface area contributed by atoms with Crippen LogP contribution in [0, 0.1) is 6.92 Å². The molecule has 1 fully saturated rings. The number of rotatable bonds is 5. The second kappa shape index (κ2) is 7.63. The second-order valence-corrected chi connectivity index (χ2v) is 7.36. The van der Waals surface area contributed by atoms with Gasteiger partial charge in [0.1, 0.15) is 0 Å². The molecule has 3 rings (SSSR count). The van der Waals surface area contributed by atoms with Gasteiger partial charge in [-0.1, -0.05) is 0 Å². The average molecular weight is 364 g/mol. The molecule has 0 unspecified atom stereocenters. The Kier molecular flexibility index (Phi) is 5.51. The van der Waals surface area contributed by atoms with Crippen LogP contribution in [0.5, 0.6) is 0 Å². The Morgan fingerprint density at radius 3 is 2.76 bits per heavy atom. The van der Waals surface area contributed by atoms with Crippen LogP contribution >= 0.6 is 11.3 Å². The van der Waals surface area contributed by atoms with Gasteiger partial charge in [-0.05, 0) is 13.8 Å². The Hall–Kier alpha value is -1.77. The summed E-state index contributed by atoms with van der Waals surface area (Å²) >= 11 is 1.50. The number of thiazole rings is 1. The number of aromatic nitrogens is 2. The number of hydrogen-bond donors (Lipinski definition) is 0. The van der Waals surface area contributed by atoms with Gasteiger partial charge < -0.3 is 4.74 Å². The number of carbonyl (C=O) groups is 1. The standard InChI is InChI=1S/C17H24N4O3S/c1-12(8-16(23)24-3)20-6-4-19(5-7-20)10-14-9-15(22)21-13(2)11-25-17(21)18-14/h9,11-12H,4-8,10H2,1-3H3/t12-/m1/s1. The summed E-state index contributed by atoms with van der Waals surface area (Å²) in [5.74, 6) is -0.167. The molecule has 1 atom stereocenters. The molecule has 0 bridgehead atoms. The van der Waals surface area contributed by atoms with Gasteiger partial charge in [0.25, 0.3) is 5.56 Å². The summed E-state index contributed by atoms with van der Waals surface area (Å²) in [6.45, 7) is 8.26. The predicted molar refractivity (Wildman–Crippen MR) is 97.0 cm³/mol. The van der Waals surface area contributed by atoms with Crippen molar-refractivity contribution in [2.75, 3.05) is 33.3 Å². The summed E-state index contributed by atoms with van der Waals surface area (Å²) < 4.78 is 6.40. The zero-order chi connectivity index (χ0) is 18.0. The summed E-state index contributed by atoms with van der Waals surface area (Å²) in [4.78, 5) is 33.7. The number of ether oxygens (including phenoxy) is 1. The molecule has 7 nitrogen and oxygen atoms in total. The minimum absolute atomic E-state index is 0.0101. The Morgan fingerprint density at radius 1 is 1.36 bits per heavy atom. The first-order chi connectivity index (χ1) is 12.0. The van der Waals surface area contributed by atoms with Crippen molar-refractivity contribution in [3.05, 3.63) is 33.2 Å². The fourth-order valence-corrected chi connectivity index (χ4v) is 4.12. The molecule has 0 amide bonds. The molecule has 1 aliphatic rings. The van der Waals surface area contributed by atoms with Crippen molar-refractivity contribution < 1.29 is 9.53 Å². The fourth-order valence-electron chi connectivity index (χ4n) is 3.23. The monoisotopic (exact) mass is 364 g/mol. The van der Waals surface area contributed by atoms with E-state index in [4.69, 9.17) is 4.74 Å². The Morgan fingerprint density at radius 2 is 2.08 bits per heavy atom. The van der Waals surface area contributed by atoms with Crippen molar-refractivity contribution in [1.82, 2.24) is 19.2 Å². The third-order valence-corrected chi connectivity index (χ3v) is 5.68. The minimum atomic E-state index is -0.167. The third kappa shape index (κ3) is 4.08. The smallest absolute Gasteiger partial charge is 0.307 e. The highest BCUT2D eigenvalue weighted by molar-refractivity contribution is 7.15. The first-order valence-corrected chi connectivity index (χ1v) is 9.36. The number of esters is 1. The van der Waals surface area contributed by atoms with E-state index in [1.54, 1.807) is 10.5 Å². The highest BCUT2D eigenvalue weighted by Gasteiger charge is 2.23. The Labute approximate surface area is 150 Å². The van der Waals surface area contributed by atoms with Crippen LogP contribution in [0.25, 0.3) is 4.96 Å². The van der Waals surface area contributed by atoms with Gasteiger partial charge in [-0.2, -0.15) is 0 Å². The molecular weight excluding hydrogens is 340 g/mol. The molecule has 0 saturated carbocycles. The number of hydrogen-bond acceptors (Lipinski definition) is 7. The molecule has 2 aromatic heterocycles. The van der Waals surface area contributed by atoms with E-state index < -0.39 is 0 Å². The van der Waals surface area contributed by atoms with Crippen molar-refractivity contribution in [3.8, 4) is 0 Å². The highest BCUT2D eigenvalue weighted by atomic mass is 32.1. The van der Waals surface area contributed by atoms with Gasteiger partial charge in [0.05, 0.1) is 19.2 Å². The number of methoxy groups -OCH3 is 1. The maximum Gasteiger partial charge on any atom is 0.307 e. The largest absolute Gasteiger partial charge is 0.469 e. The van der Waals surface area contributed by atoms with Crippen LogP contribution in [0.1, 0.15) is 24.7 Å². The molecule has 0 N–H and O–H groups in total. The Bertz CT molecular complexity index is 808. The summed E-state index contributed by atoms with van der Waals surface area (Å²) in [6, 6.07) is 1.82. The average Bonchev–Trinajstić information content (AvgIpc) is 2.96. The highest BCUT2D eigenvalue weighted by Crippen LogP contribution is 2.14. The molecule has 2 aromatic rings. The molecular formula is C17H24N4O3S. The SMILES string of the molecule is COC(=O)C[C@@H](C)N1CCN(Cc2cc(=O)n3c(C)csc3n2)CC1. The minimum Gasteiger partial charge on any atom is -0.469 e. The lowest BCUT2D eigenvalue weighted by Gasteiger charge is -2.37. The molecule has 3 heterocycles. The van der Waals surface area contributed by atoms with Gasteiger partial charge in [0.15, 0.2) is 4.96 Å². The van der Waals surface area contributed by atoms with Gasteiger partial charge in [0.2, 0.25) is 0 Å². The first-order valence-electron chi connectivity index (χ1n) is 8.48. The van der Waals surface area contributed by atoms with E-state index in [9.17, 15) is 9.59 Å². The maximum absolute atomic E-state index is 12.3. The lowest BCUT2D eigenvalue weighted by molar-refractivity contribution is -0.142. The number of aryl methyl sites for hydroxylation is 1. The van der Waals surface area contributed by atoms with Gasteiger partial charge >= 0.3 is 5.97 Å². The summed E-state index contributed by atoms with van der Waals surface area (Å²) in [7, 11) is 1.43. The Balaban J connectivity index is 1.59. The van der Waals surface area contributed by atoms with Crippen molar-refractivity contribution in [3.63, 3.8) is 0 Å². The molecule has 0 aromatic carbocycles. The van der Waals surface area contributed by atoms with Crippen LogP contribution in [0.15, 0.2) is 16.2 Å². The molecule has 136 valence electrons. The summed E-state index contributed by atoms with van der Waals surface area (Å²) in [5.41, 5.74) is 1.74. The summed E-state index contributed by atoms with van der Waals surface area (Å²) in [6.07, 6.45) is 0.420. The van der Waals surface area contributed by atoms with E-state index in [1.165, 1.54) is 18.4 Å². The molecule has 1 saturated heterocycles. The molecule has 25 heavy (non-hydrogen) atoms. The first kappa shape index (κ1) is 18.0. The van der Waals surface area contributed by atoms with Crippen LogP contribution in [-0.4, -0.2) is 64.5 Å². The van der Waals surface area contributed by atoms with Crippen molar-refractivity contribution >= 4 is 22.3 Å². The van der Waals surface area contributed by atoms with E-state index in [2.05, 4.69) is 21.7 Å². The third-order valence-electron chi connectivity index (χ3n) is 4.73. The van der Waals surface area contributed by atoms with Crippen molar-refractivity contribution in [2.24, 2.45) is 0 Å².